The summed E-state index contributed by atoms with van der Waals surface area (Å²) < 4.78 is 40.2. The molecule has 0 aliphatic carbocycles. The zero-order chi connectivity index (χ0) is 23.5. The van der Waals surface area contributed by atoms with Crippen molar-refractivity contribution < 1.29 is 17.6 Å². The van der Waals surface area contributed by atoms with E-state index in [2.05, 4.69) is 4.57 Å². The van der Waals surface area contributed by atoms with Crippen LogP contribution in [0.2, 0.25) is 5.02 Å². The van der Waals surface area contributed by atoms with Crippen molar-refractivity contribution in [2.75, 3.05) is 26.3 Å². The first-order chi connectivity index (χ1) is 16.5. The lowest BCUT2D eigenvalue weighted by Gasteiger charge is -2.26. The number of aromatic nitrogens is 1. The molecular weight excluding hydrogens is 494 g/mol. The Labute approximate surface area is 206 Å². The van der Waals surface area contributed by atoms with Crippen LogP contribution in [0.15, 0.2) is 86.6 Å². The van der Waals surface area contributed by atoms with E-state index in [1.807, 2.05) is 41.8 Å². The number of morpholine rings is 1. The van der Waals surface area contributed by atoms with Crippen LogP contribution in [-0.2, 0) is 21.3 Å². The lowest BCUT2D eigenvalue weighted by atomic mass is 10.2. The maximum Gasteiger partial charge on any atom is 0.243 e. The van der Waals surface area contributed by atoms with Gasteiger partial charge in [-0.1, -0.05) is 23.7 Å². The summed E-state index contributed by atoms with van der Waals surface area (Å²) in [6, 6.07) is 18.1. The number of benzene rings is 2. The fraction of sp³-hybridized carbons (Fsp3) is 0.208. The molecule has 0 bridgehead atoms. The minimum atomic E-state index is -3.54. The third-order valence-corrected chi connectivity index (χ3v) is 8.53. The van der Waals surface area contributed by atoms with Crippen LogP contribution in [0.25, 0.3) is 11.3 Å². The lowest BCUT2D eigenvalue weighted by Crippen LogP contribution is -2.40. The molecule has 3 heterocycles. The first-order valence-corrected chi connectivity index (χ1v) is 13.4. The van der Waals surface area contributed by atoms with Gasteiger partial charge in [0, 0.05) is 23.5 Å². The third-order valence-electron chi connectivity index (χ3n) is 5.50. The lowest BCUT2D eigenvalue weighted by molar-refractivity contribution is 0.0730. The van der Waals surface area contributed by atoms with Gasteiger partial charge < -0.3 is 13.7 Å². The molecular formula is C24H22ClN3O4S2. The number of nitrogens with zero attached hydrogens (tertiary/aromatic N) is 3. The first-order valence-electron chi connectivity index (χ1n) is 10.7. The normalized spacial score (nSPS) is 15.6. The highest BCUT2D eigenvalue weighted by Gasteiger charge is 2.26. The quantitative estimate of drug-likeness (QED) is 0.371. The van der Waals surface area contributed by atoms with E-state index in [9.17, 15) is 8.42 Å². The molecule has 0 atom stereocenters. The Balaban J connectivity index is 1.50. The maximum atomic E-state index is 12.9. The molecule has 1 aliphatic rings. The number of ether oxygens (including phenoxy) is 1. The molecule has 7 nitrogen and oxygen atoms in total. The Morgan fingerprint density at radius 2 is 1.74 bits per heavy atom. The second-order valence-corrected chi connectivity index (χ2v) is 10.9. The van der Waals surface area contributed by atoms with Crippen molar-refractivity contribution in [1.82, 2.24) is 8.87 Å². The number of furan rings is 1. The minimum Gasteiger partial charge on any atom is -0.467 e. The van der Waals surface area contributed by atoms with Crippen LogP contribution in [0.1, 0.15) is 5.76 Å². The molecule has 176 valence electrons. The van der Waals surface area contributed by atoms with Crippen molar-refractivity contribution in [1.29, 1.82) is 0 Å². The zero-order valence-electron chi connectivity index (χ0n) is 18.1. The van der Waals surface area contributed by atoms with Crippen LogP contribution < -0.4 is 4.80 Å². The molecule has 2 aromatic heterocycles. The highest BCUT2D eigenvalue weighted by Crippen LogP contribution is 2.25. The molecule has 1 aliphatic heterocycles. The van der Waals surface area contributed by atoms with E-state index in [1.54, 1.807) is 30.5 Å². The van der Waals surface area contributed by atoms with Crippen molar-refractivity contribution in [2.24, 2.45) is 4.99 Å². The van der Waals surface area contributed by atoms with Crippen molar-refractivity contribution in [3.63, 3.8) is 0 Å². The monoisotopic (exact) mass is 515 g/mol. The van der Waals surface area contributed by atoms with Crippen molar-refractivity contribution >= 4 is 38.6 Å². The van der Waals surface area contributed by atoms with E-state index in [0.717, 1.165) is 21.8 Å². The second kappa shape index (κ2) is 9.89. The molecule has 0 N–H and O–H groups in total. The molecule has 0 radical (unpaired) electrons. The van der Waals surface area contributed by atoms with Crippen LogP contribution in [0.3, 0.4) is 0 Å². The van der Waals surface area contributed by atoms with Crippen LogP contribution in [0.4, 0.5) is 5.69 Å². The number of sulfonamides is 1. The molecule has 0 unspecified atom stereocenters. The standard InChI is InChI=1S/C24H22ClN3O4S2/c25-19-5-3-18(4-6-19)23-17-33-24(28(23)16-21-2-1-13-32-21)26-20-7-9-22(10-8-20)34(29,30)27-11-14-31-15-12-27/h1-10,13,17H,11-12,14-16H2. The summed E-state index contributed by atoms with van der Waals surface area (Å²) in [7, 11) is -3.54. The summed E-state index contributed by atoms with van der Waals surface area (Å²) in [5, 5.41) is 2.72. The molecule has 0 spiro atoms. The molecule has 10 heteroatoms. The summed E-state index contributed by atoms with van der Waals surface area (Å²) in [6.07, 6.45) is 1.65. The van der Waals surface area contributed by atoms with E-state index < -0.39 is 10.0 Å². The van der Waals surface area contributed by atoms with Gasteiger partial charge in [-0.25, -0.2) is 13.4 Å². The molecule has 0 saturated carbocycles. The van der Waals surface area contributed by atoms with Gasteiger partial charge >= 0.3 is 0 Å². The summed E-state index contributed by atoms with van der Waals surface area (Å²) >= 11 is 7.58. The van der Waals surface area contributed by atoms with E-state index in [1.165, 1.54) is 15.6 Å². The smallest absolute Gasteiger partial charge is 0.243 e. The predicted octanol–water partition coefficient (Wildman–Crippen LogP) is 4.76. The van der Waals surface area contributed by atoms with E-state index in [-0.39, 0.29) is 4.90 Å². The molecule has 5 rings (SSSR count). The van der Waals surface area contributed by atoms with Crippen molar-refractivity contribution in [3.8, 4) is 11.3 Å². The van der Waals surface area contributed by atoms with E-state index >= 15 is 0 Å². The van der Waals surface area contributed by atoms with Gasteiger partial charge in [-0.05, 0) is 54.1 Å². The Bertz CT molecular complexity index is 1420. The van der Waals surface area contributed by atoms with Crippen molar-refractivity contribution in [2.45, 2.75) is 11.4 Å². The Kier molecular flexibility index (Phi) is 6.71. The second-order valence-electron chi connectivity index (χ2n) is 7.70. The summed E-state index contributed by atoms with van der Waals surface area (Å²) in [4.78, 5) is 5.83. The SMILES string of the molecule is O=S(=O)(c1ccc(N=c2scc(-c3ccc(Cl)cc3)n2Cc2ccco2)cc1)N1CCOCC1. The summed E-state index contributed by atoms with van der Waals surface area (Å²) in [5.74, 6) is 0.807. The Hall–Kier alpha value is -2.69. The molecule has 2 aromatic carbocycles. The number of halogens is 1. The minimum absolute atomic E-state index is 0.254. The molecule has 34 heavy (non-hydrogen) atoms. The maximum absolute atomic E-state index is 12.9. The average Bonchev–Trinajstić information content (AvgIpc) is 3.51. The number of hydrogen-bond acceptors (Lipinski definition) is 6. The number of rotatable bonds is 6. The van der Waals surface area contributed by atoms with Gasteiger partial charge in [-0.3, -0.25) is 0 Å². The summed E-state index contributed by atoms with van der Waals surface area (Å²) in [5.41, 5.74) is 2.67. The highest BCUT2D eigenvalue weighted by molar-refractivity contribution is 7.89. The van der Waals surface area contributed by atoms with Gasteiger partial charge in [0.2, 0.25) is 10.0 Å². The predicted molar refractivity (Wildman–Crippen MR) is 132 cm³/mol. The highest BCUT2D eigenvalue weighted by atomic mass is 35.5. The zero-order valence-corrected chi connectivity index (χ0v) is 20.5. The van der Waals surface area contributed by atoms with Gasteiger partial charge in [0.1, 0.15) is 5.76 Å². The van der Waals surface area contributed by atoms with E-state index in [4.69, 9.17) is 25.7 Å². The van der Waals surface area contributed by atoms with Crippen LogP contribution >= 0.6 is 22.9 Å². The van der Waals surface area contributed by atoms with Crippen molar-refractivity contribution in [3.05, 3.63) is 87.9 Å². The van der Waals surface area contributed by atoms with Crippen LogP contribution in [0, 0.1) is 0 Å². The number of thiazole rings is 1. The first kappa shape index (κ1) is 23.1. The van der Waals surface area contributed by atoms with E-state index in [0.29, 0.717) is 43.6 Å². The molecule has 4 aromatic rings. The molecule has 0 amide bonds. The third kappa shape index (κ3) is 4.89. The van der Waals surface area contributed by atoms with Gasteiger partial charge in [-0.15, -0.1) is 11.3 Å². The Morgan fingerprint density at radius 1 is 1.00 bits per heavy atom. The van der Waals surface area contributed by atoms with Gasteiger partial charge in [-0.2, -0.15) is 4.31 Å². The number of hydrogen-bond donors (Lipinski definition) is 0. The average molecular weight is 516 g/mol. The van der Waals surface area contributed by atoms with Gasteiger partial charge in [0.25, 0.3) is 0 Å². The van der Waals surface area contributed by atoms with Crippen LogP contribution in [-0.4, -0.2) is 43.6 Å². The largest absolute Gasteiger partial charge is 0.467 e. The molecule has 1 saturated heterocycles. The Morgan fingerprint density at radius 3 is 2.41 bits per heavy atom. The van der Waals surface area contributed by atoms with Crippen LogP contribution in [0.5, 0.6) is 0 Å². The molecule has 1 fully saturated rings. The van der Waals surface area contributed by atoms with Gasteiger partial charge in [0.05, 0.1) is 42.3 Å². The fourth-order valence-electron chi connectivity index (χ4n) is 3.72. The summed E-state index contributed by atoms with van der Waals surface area (Å²) in [6.45, 7) is 2.07. The fourth-order valence-corrected chi connectivity index (χ4v) is 6.18. The van der Waals surface area contributed by atoms with Gasteiger partial charge in [0.15, 0.2) is 4.80 Å². The topological polar surface area (TPSA) is 77.0 Å².